The van der Waals surface area contributed by atoms with E-state index in [1.54, 1.807) is 0 Å². The minimum absolute atomic E-state index is 0.159. The lowest BCUT2D eigenvalue weighted by molar-refractivity contribution is 0.0942. The van der Waals surface area contributed by atoms with Crippen LogP contribution >= 0.6 is 0 Å². The molecular weight excluding hydrogens is 440 g/mol. The summed E-state index contributed by atoms with van der Waals surface area (Å²) in [5, 5.41) is 24.5. The molecule has 0 unspecified atom stereocenters. The third kappa shape index (κ3) is 4.12. The molecule has 1 aliphatic carbocycles. The largest absolute Gasteiger partial charge is 0.369 e. The van der Waals surface area contributed by atoms with Crippen molar-refractivity contribution in [3.05, 3.63) is 142 Å². The molecule has 2 heteroatoms. The van der Waals surface area contributed by atoms with Crippen LogP contribution in [0.5, 0.6) is 0 Å². The van der Waals surface area contributed by atoms with Crippen LogP contribution in [0.1, 0.15) is 59.7 Å². The van der Waals surface area contributed by atoms with E-state index in [1.807, 2.05) is 103 Å². The summed E-state index contributed by atoms with van der Waals surface area (Å²) in [6.45, 7) is 6.38. The van der Waals surface area contributed by atoms with Crippen molar-refractivity contribution in [2.45, 2.75) is 37.4 Å². The summed E-state index contributed by atoms with van der Waals surface area (Å²) in [5.41, 5.74) is 1.44. The van der Waals surface area contributed by atoms with Crippen molar-refractivity contribution in [1.29, 1.82) is 0 Å². The molecule has 0 saturated heterocycles. The van der Waals surface area contributed by atoms with Gasteiger partial charge < -0.3 is 10.2 Å². The van der Waals surface area contributed by atoms with Crippen molar-refractivity contribution >= 4 is 0 Å². The lowest BCUT2D eigenvalue weighted by atomic mass is 9.66. The van der Waals surface area contributed by atoms with Crippen LogP contribution in [0.25, 0.3) is 0 Å². The highest BCUT2D eigenvalue weighted by Gasteiger charge is 2.48. The zero-order valence-electron chi connectivity index (χ0n) is 20.7. The van der Waals surface area contributed by atoms with Crippen LogP contribution in [0, 0.1) is 23.7 Å². The number of hydrogen-bond acceptors (Lipinski definition) is 2. The van der Waals surface area contributed by atoms with Crippen LogP contribution in [-0.2, 0) is 16.6 Å². The molecule has 2 nitrogen and oxygen atoms in total. The maximum atomic E-state index is 12.3. The first-order chi connectivity index (χ1) is 17.2. The van der Waals surface area contributed by atoms with Crippen LogP contribution in [0.3, 0.4) is 0 Å². The normalized spacial score (nSPS) is 20.1. The molecule has 5 rings (SSSR count). The maximum Gasteiger partial charge on any atom is 0.178 e. The van der Waals surface area contributed by atoms with Crippen molar-refractivity contribution in [1.82, 2.24) is 0 Å². The molecule has 36 heavy (non-hydrogen) atoms. The maximum absolute atomic E-state index is 12.3. The smallest absolute Gasteiger partial charge is 0.178 e. The first kappa shape index (κ1) is 23.7. The summed E-state index contributed by atoms with van der Waals surface area (Å²) in [6, 6.07) is 32.5. The predicted octanol–water partition coefficient (Wildman–Crippen LogP) is 5.87. The highest BCUT2D eigenvalue weighted by atomic mass is 16.3. The van der Waals surface area contributed by atoms with E-state index in [1.165, 1.54) is 0 Å². The highest BCUT2D eigenvalue weighted by molar-refractivity contribution is 5.65. The Kier molecular flexibility index (Phi) is 5.82. The Labute approximate surface area is 213 Å². The van der Waals surface area contributed by atoms with E-state index in [2.05, 4.69) is 44.5 Å². The van der Waals surface area contributed by atoms with Crippen LogP contribution in [-0.4, -0.2) is 10.2 Å². The Bertz CT molecular complexity index is 1540. The van der Waals surface area contributed by atoms with Crippen molar-refractivity contribution in [2.24, 2.45) is 0 Å². The molecule has 0 saturated carbocycles. The van der Waals surface area contributed by atoms with Gasteiger partial charge in [0, 0.05) is 33.4 Å². The lowest BCUT2D eigenvalue weighted by Gasteiger charge is -2.40. The molecule has 2 N–H and O–H groups in total. The second kappa shape index (κ2) is 8.85. The Hall–Kier alpha value is -4.08. The van der Waals surface area contributed by atoms with Crippen LogP contribution < -0.4 is 0 Å². The Balaban J connectivity index is 1.80. The molecule has 2 atom stereocenters. The number of rotatable bonds is 0. The number of benzene rings is 4. The van der Waals surface area contributed by atoms with E-state index in [-0.39, 0.29) is 5.41 Å². The second-order valence-corrected chi connectivity index (χ2v) is 10.2. The Morgan fingerprint density at radius 3 is 1.42 bits per heavy atom. The van der Waals surface area contributed by atoms with E-state index >= 15 is 0 Å². The fraction of sp³-hybridized carbons (Fsp3) is 0.176. The summed E-state index contributed by atoms with van der Waals surface area (Å²) >= 11 is 0. The number of aliphatic hydroxyl groups is 2. The fourth-order valence-electron chi connectivity index (χ4n) is 4.67. The quantitative estimate of drug-likeness (QED) is 0.317. The van der Waals surface area contributed by atoms with Gasteiger partial charge in [-0.25, -0.2) is 0 Å². The van der Waals surface area contributed by atoms with Gasteiger partial charge in [0.2, 0.25) is 0 Å². The van der Waals surface area contributed by atoms with E-state index < -0.39 is 11.2 Å². The molecule has 0 aromatic heterocycles. The number of fused-ring (bicyclic) bond motifs is 2. The first-order valence-corrected chi connectivity index (χ1v) is 12.1. The van der Waals surface area contributed by atoms with Crippen molar-refractivity contribution in [2.75, 3.05) is 0 Å². The van der Waals surface area contributed by atoms with Crippen LogP contribution in [0.15, 0.2) is 103 Å². The average molecular weight is 469 g/mol. The van der Waals surface area contributed by atoms with Crippen LogP contribution in [0.4, 0.5) is 0 Å². The third-order valence-electron chi connectivity index (χ3n) is 6.69. The van der Waals surface area contributed by atoms with Gasteiger partial charge in [-0.15, -0.1) is 0 Å². The number of hydrogen-bond donors (Lipinski definition) is 2. The molecule has 0 bridgehead atoms. The van der Waals surface area contributed by atoms with Gasteiger partial charge in [0.1, 0.15) is 0 Å². The molecule has 0 spiro atoms. The van der Waals surface area contributed by atoms with Gasteiger partial charge in [-0.2, -0.15) is 0 Å². The highest BCUT2D eigenvalue weighted by Crippen LogP contribution is 2.48. The molecule has 4 aromatic carbocycles. The first-order valence-electron chi connectivity index (χ1n) is 12.1. The van der Waals surface area contributed by atoms with E-state index in [4.69, 9.17) is 0 Å². The summed E-state index contributed by atoms with van der Waals surface area (Å²) < 4.78 is 0. The van der Waals surface area contributed by atoms with Gasteiger partial charge in [0.05, 0.1) is 0 Å². The monoisotopic (exact) mass is 468 g/mol. The van der Waals surface area contributed by atoms with Crippen molar-refractivity contribution in [3.8, 4) is 23.7 Å². The second-order valence-electron chi connectivity index (χ2n) is 10.2. The van der Waals surface area contributed by atoms with E-state index in [0.29, 0.717) is 22.3 Å². The lowest BCUT2D eigenvalue weighted by Crippen LogP contribution is -2.42. The minimum Gasteiger partial charge on any atom is -0.369 e. The summed E-state index contributed by atoms with van der Waals surface area (Å²) in [6.07, 6.45) is 0. The summed E-state index contributed by atoms with van der Waals surface area (Å²) in [4.78, 5) is 0. The summed E-state index contributed by atoms with van der Waals surface area (Å²) in [5.74, 6) is 12.6. The molecular formula is C34H28O2. The zero-order chi connectivity index (χ0) is 25.4. The van der Waals surface area contributed by atoms with Gasteiger partial charge in [-0.05, 0) is 35.2 Å². The van der Waals surface area contributed by atoms with E-state index in [9.17, 15) is 10.2 Å². The average Bonchev–Trinajstić information content (AvgIpc) is 2.90. The van der Waals surface area contributed by atoms with Crippen molar-refractivity contribution < 1.29 is 10.2 Å². The van der Waals surface area contributed by atoms with Crippen molar-refractivity contribution in [3.63, 3.8) is 0 Å². The molecule has 0 aliphatic heterocycles. The SMILES string of the molecule is CC(C)(C)c1ccc2c(c1)[C@](O)(C#Cc1ccccc1)c1ccccc1[C@@]2(O)C#Cc1ccccc1. The molecule has 4 aromatic rings. The van der Waals surface area contributed by atoms with E-state index in [0.717, 1.165) is 16.7 Å². The predicted molar refractivity (Wildman–Crippen MR) is 144 cm³/mol. The van der Waals surface area contributed by atoms with Gasteiger partial charge in [-0.1, -0.05) is 123 Å². The van der Waals surface area contributed by atoms with Gasteiger partial charge >= 0.3 is 0 Å². The standard InChI is InChI=1S/C34H28O2/c1-32(2,3)27-18-19-30-31(24-27)34(36,23-21-26-14-8-5-9-15-26)29-17-11-10-16-28(29)33(30,35)22-20-25-12-6-4-7-13-25/h4-19,24,35-36H,1-3H3/t33-,34-/m0/s1. The Morgan fingerprint density at radius 2 is 0.944 bits per heavy atom. The zero-order valence-corrected chi connectivity index (χ0v) is 20.7. The molecule has 0 radical (unpaired) electrons. The molecule has 0 amide bonds. The van der Waals surface area contributed by atoms with Crippen LogP contribution in [0.2, 0.25) is 0 Å². The molecule has 176 valence electrons. The molecule has 0 fully saturated rings. The topological polar surface area (TPSA) is 40.5 Å². The van der Waals surface area contributed by atoms with Gasteiger partial charge in [0.25, 0.3) is 0 Å². The fourth-order valence-corrected chi connectivity index (χ4v) is 4.67. The molecule has 1 aliphatic rings. The van der Waals surface area contributed by atoms with Gasteiger partial charge in [-0.3, -0.25) is 0 Å². The minimum atomic E-state index is -1.62. The summed E-state index contributed by atoms with van der Waals surface area (Å²) in [7, 11) is 0. The Morgan fingerprint density at radius 1 is 0.528 bits per heavy atom. The molecule has 0 heterocycles. The van der Waals surface area contributed by atoms with Gasteiger partial charge in [0.15, 0.2) is 11.2 Å². The third-order valence-corrected chi connectivity index (χ3v) is 6.69.